The standard InChI is InChI=1S/C30H28N4O7/c1-16(2)33-29(36)27-17(3)40-24-11-20(9-10-21(24)27)41-30-22-12-26(25(38-4)13-23(22)31-15-32-30)39-14-18-5-7-19(8-6-18)28(35)34-37/h5-13,15-16,37H,14H2,1-4H3,(H,33,36)(H,34,35). The third kappa shape index (κ3) is 5.75. The summed E-state index contributed by atoms with van der Waals surface area (Å²) in [6, 6.07) is 15.3. The Balaban J connectivity index is 1.42. The number of ether oxygens (including phenoxy) is 3. The lowest BCUT2D eigenvalue weighted by atomic mass is 10.1. The molecule has 2 aromatic heterocycles. The fourth-order valence-corrected chi connectivity index (χ4v) is 4.36. The first-order valence-corrected chi connectivity index (χ1v) is 12.8. The first-order valence-electron chi connectivity index (χ1n) is 12.8. The molecule has 0 aliphatic heterocycles. The third-order valence-electron chi connectivity index (χ3n) is 6.30. The van der Waals surface area contributed by atoms with E-state index in [-0.39, 0.29) is 18.6 Å². The molecule has 210 valence electrons. The van der Waals surface area contributed by atoms with E-state index in [0.717, 1.165) is 5.56 Å². The fraction of sp³-hybridized carbons (Fsp3) is 0.200. The van der Waals surface area contributed by atoms with Gasteiger partial charge in [-0.05, 0) is 56.7 Å². The van der Waals surface area contributed by atoms with Gasteiger partial charge in [0.25, 0.3) is 11.8 Å². The topological polar surface area (TPSA) is 145 Å². The smallest absolute Gasteiger partial charge is 0.274 e. The molecular weight excluding hydrogens is 528 g/mol. The van der Waals surface area contributed by atoms with Crippen LogP contribution in [0.5, 0.6) is 23.1 Å². The minimum Gasteiger partial charge on any atom is -0.493 e. The Labute approximate surface area is 235 Å². The van der Waals surface area contributed by atoms with Crippen molar-refractivity contribution in [2.45, 2.75) is 33.4 Å². The summed E-state index contributed by atoms with van der Waals surface area (Å²) >= 11 is 0. The summed E-state index contributed by atoms with van der Waals surface area (Å²) in [5, 5.41) is 13.0. The summed E-state index contributed by atoms with van der Waals surface area (Å²) in [4.78, 5) is 32.9. The zero-order chi connectivity index (χ0) is 29.1. The van der Waals surface area contributed by atoms with Crippen LogP contribution in [0.25, 0.3) is 21.9 Å². The van der Waals surface area contributed by atoms with Crippen molar-refractivity contribution in [3.63, 3.8) is 0 Å². The van der Waals surface area contributed by atoms with Gasteiger partial charge in [-0.25, -0.2) is 15.4 Å². The maximum absolute atomic E-state index is 12.7. The lowest BCUT2D eigenvalue weighted by molar-refractivity contribution is 0.0706. The van der Waals surface area contributed by atoms with Crippen LogP contribution < -0.4 is 25.0 Å². The maximum Gasteiger partial charge on any atom is 0.274 e. The molecule has 41 heavy (non-hydrogen) atoms. The first kappa shape index (κ1) is 27.4. The van der Waals surface area contributed by atoms with Gasteiger partial charge < -0.3 is 23.9 Å². The van der Waals surface area contributed by atoms with Gasteiger partial charge in [-0.15, -0.1) is 0 Å². The number of carbonyl (C=O) groups is 2. The second-order valence-corrected chi connectivity index (χ2v) is 9.55. The second kappa shape index (κ2) is 11.5. The number of aryl methyl sites for hydroxylation is 1. The number of aromatic nitrogens is 2. The molecule has 5 aromatic rings. The highest BCUT2D eigenvalue weighted by Gasteiger charge is 2.20. The molecule has 11 heteroatoms. The average molecular weight is 557 g/mol. The SMILES string of the molecule is COc1cc2ncnc(Oc3ccc4c(C(=O)NC(C)C)c(C)oc4c3)c2cc1OCc1ccc(C(=O)NO)cc1. The Morgan fingerprint density at radius 3 is 2.46 bits per heavy atom. The number of fused-ring (bicyclic) bond motifs is 2. The highest BCUT2D eigenvalue weighted by Crippen LogP contribution is 2.37. The molecule has 0 bridgehead atoms. The molecule has 2 amide bonds. The van der Waals surface area contributed by atoms with Crippen LogP contribution >= 0.6 is 0 Å². The zero-order valence-electron chi connectivity index (χ0n) is 22.8. The zero-order valence-corrected chi connectivity index (χ0v) is 22.8. The van der Waals surface area contributed by atoms with Gasteiger partial charge in [-0.2, -0.15) is 0 Å². The molecule has 0 spiro atoms. The van der Waals surface area contributed by atoms with Crippen molar-refractivity contribution in [2.24, 2.45) is 0 Å². The van der Waals surface area contributed by atoms with Crippen LogP contribution in [-0.4, -0.2) is 40.1 Å². The molecule has 0 unspecified atom stereocenters. The molecule has 3 N–H and O–H groups in total. The van der Waals surface area contributed by atoms with Crippen molar-refractivity contribution in [3.05, 3.63) is 83.4 Å². The molecule has 2 heterocycles. The third-order valence-corrected chi connectivity index (χ3v) is 6.30. The number of hydroxylamine groups is 1. The number of hydrogen-bond donors (Lipinski definition) is 3. The van der Waals surface area contributed by atoms with Gasteiger partial charge in [0.05, 0.1) is 23.6 Å². The van der Waals surface area contributed by atoms with E-state index < -0.39 is 5.91 Å². The molecule has 5 rings (SSSR count). The quantitative estimate of drug-likeness (QED) is 0.162. The minimum atomic E-state index is -0.598. The van der Waals surface area contributed by atoms with Crippen molar-refractivity contribution in [1.29, 1.82) is 0 Å². The number of furan rings is 1. The van der Waals surface area contributed by atoms with E-state index in [1.807, 2.05) is 13.8 Å². The molecule has 0 radical (unpaired) electrons. The summed E-state index contributed by atoms with van der Waals surface area (Å²) in [6.45, 7) is 5.74. The highest BCUT2D eigenvalue weighted by atomic mass is 16.5. The van der Waals surface area contributed by atoms with Gasteiger partial charge in [-0.1, -0.05) is 12.1 Å². The van der Waals surface area contributed by atoms with Gasteiger partial charge in [-0.3, -0.25) is 14.8 Å². The Kier molecular flexibility index (Phi) is 7.70. The van der Waals surface area contributed by atoms with E-state index in [1.165, 1.54) is 13.4 Å². The first-order chi connectivity index (χ1) is 19.8. The summed E-state index contributed by atoms with van der Waals surface area (Å²) in [5.41, 5.74) is 4.31. The molecule has 0 atom stereocenters. The minimum absolute atomic E-state index is 0.00589. The summed E-state index contributed by atoms with van der Waals surface area (Å²) < 4.78 is 23.6. The van der Waals surface area contributed by atoms with Crippen molar-refractivity contribution in [1.82, 2.24) is 20.8 Å². The summed E-state index contributed by atoms with van der Waals surface area (Å²) in [6.07, 6.45) is 1.39. The lowest BCUT2D eigenvalue weighted by Crippen LogP contribution is -2.30. The Hall–Kier alpha value is -5.16. The summed E-state index contributed by atoms with van der Waals surface area (Å²) in [5.74, 6) is 1.39. The molecule has 0 aliphatic rings. The summed E-state index contributed by atoms with van der Waals surface area (Å²) in [7, 11) is 1.53. The number of hydrogen-bond acceptors (Lipinski definition) is 9. The van der Waals surface area contributed by atoms with Crippen LogP contribution in [0.2, 0.25) is 0 Å². The van der Waals surface area contributed by atoms with Gasteiger partial charge >= 0.3 is 0 Å². The molecule has 0 aliphatic carbocycles. The number of nitrogens with one attached hydrogen (secondary N) is 2. The fourth-order valence-electron chi connectivity index (χ4n) is 4.36. The lowest BCUT2D eigenvalue weighted by Gasteiger charge is -2.14. The number of rotatable bonds is 9. The van der Waals surface area contributed by atoms with Crippen molar-refractivity contribution in [2.75, 3.05) is 7.11 Å². The van der Waals surface area contributed by atoms with Gasteiger partial charge in [0.1, 0.15) is 30.0 Å². The van der Waals surface area contributed by atoms with Crippen LogP contribution in [0, 0.1) is 6.92 Å². The predicted octanol–water partition coefficient (Wildman–Crippen LogP) is 5.32. The molecular formula is C30H28N4O7. The van der Waals surface area contributed by atoms with E-state index in [1.54, 1.807) is 67.0 Å². The van der Waals surface area contributed by atoms with E-state index >= 15 is 0 Å². The molecule has 3 aromatic carbocycles. The maximum atomic E-state index is 12.7. The van der Waals surface area contributed by atoms with Crippen molar-refractivity contribution < 1.29 is 33.4 Å². The average Bonchev–Trinajstić information content (AvgIpc) is 3.30. The number of nitrogens with zero attached hydrogens (tertiary/aromatic N) is 2. The molecule has 0 fully saturated rings. The predicted molar refractivity (Wildman–Crippen MR) is 150 cm³/mol. The van der Waals surface area contributed by atoms with Gasteiger partial charge in [0.15, 0.2) is 11.5 Å². The molecule has 0 saturated heterocycles. The van der Waals surface area contributed by atoms with Gasteiger partial charge in [0.2, 0.25) is 5.88 Å². The Bertz CT molecular complexity index is 1750. The van der Waals surface area contributed by atoms with E-state index in [2.05, 4.69) is 15.3 Å². The van der Waals surface area contributed by atoms with E-state index in [9.17, 15) is 9.59 Å². The Morgan fingerprint density at radius 2 is 1.76 bits per heavy atom. The number of benzene rings is 3. The Morgan fingerprint density at radius 1 is 0.976 bits per heavy atom. The molecule has 11 nitrogen and oxygen atoms in total. The number of methoxy groups -OCH3 is 1. The molecule has 0 saturated carbocycles. The van der Waals surface area contributed by atoms with Crippen LogP contribution in [-0.2, 0) is 6.61 Å². The van der Waals surface area contributed by atoms with E-state index in [4.69, 9.17) is 23.8 Å². The van der Waals surface area contributed by atoms with Crippen LogP contribution in [0.4, 0.5) is 0 Å². The monoisotopic (exact) mass is 556 g/mol. The van der Waals surface area contributed by atoms with Crippen LogP contribution in [0.3, 0.4) is 0 Å². The number of amides is 2. The normalized spacial score (nSPS) is 11.1. The van der Waals surface area contributed by atoms with Crippen molar-refractivity contribution >= 4 is 33.7 Å². The van der Waals surface area contributed by atoms with E-state index in [0.29, 0.717) is 61.9 Å². The van der Waals surface area contributed by atoms with Crippen molar-refractivity contribution in [3.8, 4) is 23.1 Å². The highest BCUT2D eigenvalue weighted by molar-refractivity contribution is 6.07. The second-order valence-electron chi connectivity index (χ2n) is 9.55. The van der Waals surface area contributed by atoms with Gasteiger partial charge in [0, 0.05) is 29.1 Å². The van der Waals surface area contributed by atoms with Crippen LogP contribution in [0.1, 0.15) is 45.9 Å². The largest absolute Gasteiger partial charge is 0.493 e. The van der Waals surface area contributed by atoms with Crippen LogP contribution in [0.15, 0.2) is 65.3 Å². The number of carbonyl (C=O) groups excluding carboxylic acids is 2.